The summed E-state index contributed by atoms with van der Waals surface area (Å²) in [7, 11) is -8.57. The van der Waals surface area contributed by atoms with Crippen LogP contribution in [0.5, 0.6) is 0 Å². The van der Waals surface area contributed by atoms with Gasteiger partial charge in [-0.3, -0.25) is 4.72 Å². The summed E-state index contributed by atoms with van der Waals surface area (Å²) in [5.41, 5.74) is 2.23. The van der Waals surface area contributed by atoms with Gasteiger partial charge in [0.05, 0.1) is 20.8 Å². The van der Waals surface area contributed by atoms with Crippen LogP contribution in [-0.4, -0.2) is 31.4 Å². The number of sulfone groups is 1. The Morgan fingerprint density at radius 2 is 1.44 bits per heavy atom. The second-order valence-electron chi connectivity index (χ2n) is 9.30. The lowest BCUT2D eigenvalue weighted by Crippen LogP contribution is -2.18. The molecule has 0 amide bonds. The van der Waals surface area contributed by atoms with Crippen LogP contribution in [0.15, 0.2) is 87.5 Å². The number of hydrogen-bond donors (Lipinski definition) is 1. The molecule has 202 valence electrons. The van der Waals surface area contributed by atoms with Gasteiger partial charge in [-0.15, -0.1) is 0 Å². The van der Waals surface area contributed by atoms with Gasteiger partial charge < -0.3 is 4.57 Å². The first kappa shape index (κ1) is 26.8. The second-order valence-corrected chi connectivity index (χ2v) is 12.9. The number of aryl methyl sites for hydroxylation is 2. The maximum atomic E-state index is 14.2. The number of sulfonamides is 1. The summed E-state index contributed by atoms with van der Waals surface area (Å²) in [6, 6.07) is 17.7. The molecule has 2 heterocycles. The predicted molar refractivity (Wildman–Crippen MR) is 148 cm³/mol. The highest BCUT2D eigenvalue weighted by Gasteiger charge is 2.33. The Bertz CT molecular complexity index is 1880. The highest BCUT2D eigenvalue weighted by molar-refractivity contribution is 7.93. The lowest BCUT2D eigenvalue weighted by Gasteiger charge is -2.14. The van der Waals surface area contributed by atoms with Gasteiger partial charge in [-0.25, -0.2) is 31.2 Å². The molecule has 0 aliphatic heterocycles. The smallest absolute Gasteiger partial charge is 0.263 e. The molecule has 0 radical (unpaired) electrons. The third-order valence-corrected chi connectivity index (χ3v) is 9.62. The van der Waals surface area contributed by atoms with Crippen molar-refractivity contribution >= 4 is 47.9 Å². The Morgan fingerprint density at radius 3 is 2.08 bits per heavy atom. The molecule has 5 aromatic rings. The Balaban J connectivity index is 1.83. The van der Waals surface area contributed by atoms with Gasteiger partial charge in [-0.05, 0) is 61.9 Å². The largest absolute Gasteiger partial charge is 0.309 e. The normalized spacial score (nSPS) is 12.3. The number of aromatic nitrogens is 3. The molecule has 8 nitrogen and oxygen atoms in total. The summed E-state index contributed by atoms with van der Waals surface area (Å²) in [6.45, 7) is 4.18. The number of unbranched alkanes of at least 4 members (excludes halogenated alkanes) is 2. The predicted octanol–water partition coefficient (Wildman–Crippen LogP) is 5.86. The van der Waals surface area contributed by atoms with E-state index in [0.717, 1.165) is 42.7 Å². The zero-order chi connectivity index (χ0) is 27.8. The number of para-hydroxylation sites is 2. The summed E-state index contributed by atoms with van der Waals surface area (Å²) < 4.78 is 72.9. The SMILES string of the molecule is CCCCCn1c(NS(=O)(=O)c2ccc(F)cc2)c(S(=O)(=O)c2ccc(C)cc2)c2nc3ccccc3nc21. The maximum absolute atomic E-state index is 14.2. The average Bonchev–Trinajstić information content (AvgIpc) is 3.19. The maximum Gasteiger partial charge on any atom is 0.263 e. The Kier molecular flexibility index (Phi) is 7.13. The van der Waals surface area contributed by atoms with E-state index in [9.17, 15) is 21.2 Å². The zero-order valence-corrected chi connectivity index (χ0v) is 23.1. The number of nitrogens with one attached hydrogen (secondary N) is 1. The van der Waals surface area contributed by atoms with E-state index >= 15 is 0 Å². The van der Waals surface area contributed by atoms with Crippen molar-refractivity contribution in [1.29, 1.82) is 0 Å². The molecule has 0 atom stereocenters. The van der Waals surface area contributed by atoms with Crippen LogP contribution in [0.25, 0.3) is 22.2 Å². The number of halogens is 1. The minimum absolute atomic E-state index is 0.00195. The lowest BCUT2D eigenvalue weighted by molar-refractivity contribution is 0.592. The molecule has 2 aromatic heterocycles. The molecule has 0 saturated heterocycles. The van der Waals surface area contributed by atoms with E-state index in [0.29, 0.717) is 24.0 Å². The van der Waals surface area contributed by atoms with Crippen LogP contribution in [0.1, 0.15) is 31.7 Å². The van der Waals surface area contributed by atoms with Gasteiger partial charge in [-0.2, -0.15) is 0 Å². The van der Waals surface area contributed by atoms with Crippen molar-refractivity contribution < 1.29 is 21.2 Å². The molecule has 0 spiro atoms. The van der Waals surface area contributed by atoms with Gasteiger partial charge in [-0.1, -0.05) is 49.6 Å². The molecule has 0 unspecified atom stereocenters. The number of fused-ring (bicyclic) bond motifs is 2. The quantitative estimate of drug-likeness (QED) is 0.224. The number of benzene rings is 3. The van der Waals surface area contributed by atoms with Gasteiger partial charge in [0.1, 0.15) is 22.0 Å². The molecule has 0 fully saturated rings. The third-order valence-electron chi connectivity index (χ3n) is 6.45. The fourth-order valence-electron chi connectivity index (χ4n) is 4.40. The van der Waals surface area contributed by atoms with Crippen molar-refractivity contribution in [2.24, 2.45) is 0 Å². The van der Waals surface area contributed by atoms with Gasteiger partial charge in [0.15, 0.2) is 5.65 Å². The number of nitrogens with zero attached hydrogens (tertiary/aromatic N) is 3. The van der Waals surface area contributed by atoms with Crippen molar-refractivity contribution in [3.05, 3.63) is 84.2 Å². The fraction of sp³-hybridized carbons (Fsp3) is 0.214. The molecule has 0 aliphatic rings. The van der Waals surface area contributed by atoms with E-state index < -0.39 is 25.7 Å². The van der Waals surface area contributed by atoms with E-state index in [4.69, 9.17) is 4.98 Å². The van der Waals surface area contributed by atoms with Crippen LogP contribution in [0, 0.1) is 12.7 Å². The van der Waals surface area contributed by atoms with Gasteiger partial charge in [0.25, 0.3) is 10.0 Å². The van der Waals surface area contributed by atoms with Crippen molar-refractivity contribution in [3.63, 3.8) is 0 Å². The van der Waals surface area contributed by atoms with E-state index in [1.54, 1.807) is 41.0 Å². The van der Waals surface area contributed by atoms with E-state index in [1.807, 2.05) is 13.8 Å². The first-order valence-electron chi connectivity index (χ1n) is 12.5. The molecule has 0 aliphatic carbocycles. The highest BCUT2D eigenvalue weighted by atomic mass is 32.2. The highest BCUT2D eigenvalue weighted by Crippen LogP contribution is 2.38. The molecule has 39 heavy (non-hydrogen) atoms. The molecule has 1 N–H and O–H groups in total. The summed E-state index contributed by atoms with van der Waals surface area (Å²) in [5, 5.41) is 0. The summed E-state index contributed by atoms with van der Waals surface area (Å²) >= 11 is 0. The molecule has 0 saturated carbocycles. The van der Waals surface area contributed by atoms with Crippen molar-refractivity contribution in [2.45, 2.75) is 54.3 Å². The van der Waals surface area contributed by atoms with E-state index in [1.165, 1.54) is 12.1 Å². The van der Waals surface area contributed by atoms with E-state index in [2.05, 4.69) is 9.71 Å². The standard InChI is InChI=1S/C28H27FN4O4S2/c1-3-4-7-18-33-27-25(30-23-8-5-6-9-24(23)31-27)26(38(34,35)21-14-10-19(2)11-15-21)28(33)32-39(36,37)22-16-12-20(29)13-17-22/h5-6,8-17,32H,3-4,7,18H2,1-2H3. The molecular weight excluding hydrogens is 539 g/mol. The molecule has 11 heteroatoms. The van der Waals surface area contributed by atoms with Crippen LogP contribution in [0.2, 0.25) is 0 Å². The zero-order valence-electron chi connectivity index (χ0n) is 21.4. The Hall–Kier alpha value is -3.83. The van der Waals surface area contributed by atoms with Gasteiger partial charge >= 0.3 is 0 Å². The van der Waals surface area contributed by atoms with Crippen LogP contribution < -0.4 is 4.72 Å². The first-order valence-corrected chi connectivity index (χ1v) is 15.5. The Labute approximate surface area is 226 Å². The van der Waals surface area contributed by atoms with Crippen molar-refractivity contribution in [1.82, 2.24) is 14.5 Å². The van der Waals surface area contributed by atoms with Crippen molar-refractivity contribution in [2.75, 3.05) is 4.72 Å². The minimum Gasteiger partial charge on any atom is -0.309 e. The van der Waals surface area contributed by atoms with Crippen LogP contribution in [0.4, 0.5) is 10.2 Å². The van der Waals surface area contributed by atoms with E-state index in [-0.39, 0.29) is 31.7 Å². The van der Waals surface area contributed by atoms with Crippen LogP contribution in [0.3, 0.4) is 0 Å². The monoisotopic (exact) mass is 566 g/mol. The summed E-state index contributed by atoms with van der Waals surface area (Å²) in [5.74, 6) is -0.744. The van der Waals surface area contributed by atoms with Crippen LogP contribution in [-0.2, 0) is 26.4 Å². The number of rotatable bonds is 9. The summed E-state index contributed by atoms with van der Waals surface area (Å²) in [6.07, 6.45) is 2.40. The minimum atomic E-state index is -4.31. The second kappa shape index (κ2) is 10.4. The fourth-order valence-corrected chi connectivity index (χ4v) is 7.08. The van der Waals surface area contributed by atoms with Crippen molar-refractivity contribution in [3.8, 4) is 0 Å². The summed E-state index contributed by atoms with van der Waals surface area (Å²) in [4.78, 5) is 8.90. The lowest BCUT2D eigenvalue weighted by atomic mass is 10.2. The Morgan fingerprint density at radius 1 is 0.821 bits per heavy atom. The first-order chi connectivity index (χ1) is 18.6. The number of hydrogen-bond acceptors (Lipinski definition) is 6. The molecule has 3 aromatic carbocycles. The molecular formula is C28H27FN4O4S2. The number of anilines is 1. The third kappa shape index (κ3) is 5.11. The molecule has 0 bridgehead atoms. The van der Waals surface area contributed by atoms with Crippen LogP contribution >= 0.6 is 0 Å². The topological polar surface area (TPSA) is 111 Å². The van der Waals surface area contributed by atoms with Gasteiger partial charge in [0, 0.05) is 6.54 Å². The van der Waals surface area contributed by atoms with Gasteiger partial charge in [0.2, 0.25) is 9.84 Å². The average molecular weight is 567 g/mol. The molecule has 5 rings (SSSR count).